The van der Waals surface area contributed by atoms with Gasteiger partial charge in [0.2, 0.25) is 0 Å². The zero-order valence-corrected chi connectivity index (χ0v) is 7.74. The third kappa shape index (κ3) is 1.64. The Bertz CT molecular complexity index is 289. The summed E-state index contributed by atoms with van der Waals surface area (Å²) in [5, 5.41) is 8.96. The van der Waals surface area contributed by atoms with Crippen LogP contribution in [0.5, 0.6) is 0 Å². The normalized spacial score (nSPS) is 10.3. The van der Waals surface area contributed by atoms with Crippen molar-refractivity contribution in [3.05, 3.63) is 34.9 Å². The minimum Gasteiger partial charge on any atom is -0.392 e. The van der Waals surface area contributed by atoms with Gasteiger partial charge in [-0.2, -0.15) is 0 Å². The molecule has 0 spiro atoms. The molecule has 0 aliphatic rings. The first-order valence-electron chi connectivity index (χ1n) is 3.33. The molecule has 12 heavy (non-hydrogen) atoms. The van der Waals surface area contributed by atoms with Gasteiger partial charge < -0.3 is 5.11 Å². The summed E-state index contributed by atoms with van der Waals surface area (Å²) in [5.41, 5.74) is 0.586. The Balaban J connectivity index is 3.25. The van der Waals surface area contributed by atoms with Crippen molar-refractivity contribution < 1.29 is 13.9 Å². The second-order valence-corrected chi connectivity index (χ2v) is 2.85. The van der Waals surface area contributed by atoms with Crippen LogP contribution in [0.25, 0.3) is 0 Å². The molecule has 0 saturated carbocycles. The summed E-state index contributed by atoms with van der Waals surface area (Å²) in [6, 6.07) is 2.38. The molecular weight excluding hydrogens is 230 g/mol. The maximum Gasteiger partial charge on any atom is 0.163 e. The second kappa shape index (κ2) is 3.96. The minimum atomic E-state index is -0.890. The number of aliphatic hydroxyl groups excluding tert-OH is 1. The molecule has 0 aliphatic heterocycles. The summed E-state index contributed by atoms with van der Waals surface area (Å²) >= 11 is 3.02. The Kier molecular flexibility index (Phi) is 3.17. The van der Waals surface area contributed by atoms with Crippen molar-refractivity contribution in [2.45, 2.75) is 11.9 Å². The summed E-state index contributed by atoms with van der Waals surface area (Å²) in [7, 11) is 0. The van der Waals surface area contributed by atoms with Gasteiger partial charge in [-0.15, -0.1) is 0 Å². The maximum absolute atomic E-state index is 12.9. The molecule has 1 rings (SSSR count). The van der Waals surface area contributed by atoms with Crippen molar-refractivity contribution in [3.63, 3.8) is 0 Å². The summed E-state index contributed by atoms with van der Waals surface area (Å²) < 4.78 is 25.5. The zero-order chi connectivity index (χ0) is 9.14. The van der Waals surface area contributed by atoms with Gasteiger partial charge in [0.1, 0.15) is 0 Å². The fourth-order valence-corrected chi connectivity index (χ4v) is 1.53. The molecule has 0 atom stereocenters. The molecule has 0 aromatic heterocycles. The summed E-state index contributed by atoms with van der Waals surface area (Å²) in [6.45, 7) is -0.280. The van der Waals surface area contributed by atoms with Gasteiger partial charge in [0.25, 0.3) is 0 Å². The number of hydrogen-bond donors (Lipinski definition) is 1. The van der Waals surface area contributed by atoms with Crippen LogP contribution in [0.15, 0.2) is 12.1 Å². The molecule has 0 unspecified atom stereocenters. The molecule has 66 valence electrons. The fourth-order valence-electron chi connectivity index (χ4n) is 0.925. The van der Waals surface area contributed by atoms with E-state index in [1.54, 1.807) is 0 Å². The first-order chi connectivity index (χ1) is 5.70. The first-order valence-corrected chi connectivity index (χ1v) is 4.45. The van der Waals surface area contributed by atoms with Crippen LogP contribution in [-0.2, 0) is 11.9 Å². The molecule has 0 amide bonds. The van der Waals surface area contributed by atoms with E-state index in [1.807, 2.05) is 0 Å². The van der Waals surface area contributed by atoms with Gasteiger partial charge in [-0.25, -0.2) is 8.78 Å². The highest BCUT2D eigenvalue weighted by Gasteiger charge is 2.10. The van der Waals surface area contributed by atoms with E-state index in [1.165, 1.54) is 6.07 Å². The lowest BCUT2D eigenvalue weighted by molar-refractivity contribution is 0.279. The Morgan fingerprint density at radius 3 is 2.50 bits per heavy atom. The Hall–Kier alpha value is -0.480. The van der Waals surface area contributed by atoms with Gasteiger partial charge in [-0.3, -0.25) is 0 Å². The van der Waals surface area contributed by atoms with E-state index in [4.69, 9.17) is 5.11 Å². The van der Waals surface area contributed by atoms with Gasteiger partial charge in [0.05, 0.1) is 6.61 Å². The zero-order valence-electron chi connectivity index (χ0n) is 6.15. The average molecular weight is 237 g/mol. The number of benzene rings is 1. The van der Waals surface area contributed by atoms with Gasteiger partial charge in [0, 0.05) is 10.9 Å². The van der Waals surface area contributed by atoms with E-state index in [0.717, 1.165) is 6.07 Å². The molecule has 0 heterocycles. The molecule has 0 radical (unpaired) electrons. The molecule has 1 aromatic rings. The Morgan fingerprint density at radius 1 is 1.33 bits per heavy atom. The topological polar surface area (TPSA) is 20.2 Å². The highest BCUT2D eigenvalue weighted by atomic mass is 79.9. The van der Waals surface area contributed by atoms with Crippen LogP contribution < -0.4 is 0 Å². The molecule has 4 heteroatoms. The third-order valence-electron chi connectivity index (χ3n) is 1.60. The van der Waals surface area contributed by atoms with Crippen molar-refractivity contribution in [2.75, 3.05) is 0 Å². The number of hydrogen-bond acceptors (Lipinski definition) is 1. The van der Waals surface area contributed by atoms with Gasteiger partial charge in [-0.1, -0.05) is 22.0 Å². The first kappa shape index (κ1) is 9.61. The molecular formula is C8H7BrF2O. The lowest BCUT2D eigenvalue weighted by Gasteiger charge is -2.05. The quantitative estimate of drug-likeness (QED) is 0.782. The maximum atomic E-state index is 12.9. The van der Waals surface area contributed by atoms with Crippen LogP contribution in [0, 0.1) is 11.6 Å². The molecule has 1 nitrogen and oxygen atoms in total. The van der Waals surface area contributed by atoms with Crippen LogP contribution in [0.3, 0.4) is 0 Å². The molecule has 0 saturated heterocycles. The number of rotatable bonds is 2. The standard InChI is InChI=1S/C8H7BrF2O/c9-3-6-5(4-12)1-2-7(10)8(6)11/h1-2,12H,3-4H2. The van der Waals surface area contributed by atoms with E-state index in [-0.39, 0.29) is 17.5 Å². The van der Waals surface area contributed by atoms with E-state index in [0.29, 0.717) is 5.56 Å². The molecule has 0 aliphatic carbocycles. The van der Waals surface area contributed by atoms with Crippen molar-refractivity contribution in [3.8, 4) is 0 Å². The molecule has 0 fully saturated rings. The van der Waals surface area contributed by atoms with E-state index in [2.05, 4.69) is 15.9 Å². The van der Waals surface area contributed by atoms with Gasteiger partial charge >= 0.3 is 0 Å². The van der Waals surface area contributed by atoms with Crippen LogP contribution in [-0.4, -0.2) is 5.11 Å². The van der Waals surface area contributed by atoms with Crippen LogP contribution in [0.4, 0.5) is 8.78 Å². The van der Waals surface area contributed by atoms with Crippen LogP contribution >= 0.6 is 15.9 Å². The fraction of sp³-hybridized carbons (Fsp3) is 0.250. The summed E-state index contributed by atoms with van der Waals surface area (Å²) in [4.78, 5) is 0. The predicted molar refractivity (Wildman–Crippen MR) is 44.9 cm³/mol. The monoisotopic (exact) mass is 236 g/mol. The predicted octanol–water partition coefficient (Wildman–Crippen LogP) is 2.35. The molecule has 0 bridgehead atoms. The molecule has 1 aromatic carbocycles. The largest absolute Gasteiger partial charge is 0.392 e. The summed E-state index contributed by atoms with van der Waals surface area (Å²) in [6.07, 6.45) is 0. The van der Waals surface area contributed by atoms with E-state index < -0.39 is 11.6 Å². The smallest absolute Gasteiger partial charge is 0.163 e. The van der Waals surface area contributed by atoms with Crippen molar-refractivity contribution in [1.29, 1.82) is 0 Å². The molecule has 1 N–H and O–H groups in total. The van der Waals surface area contributed by atoms with Crippen molar-refractivity contribution in [1.82, 2.24) is 0 Å². The highest BCUT2D eigenvalue weighted by molar-refractivity contribution is 9.08. The SMILES string of the molecule is OCc1ccc(F)c(F)c1CBr. The Labute approximate surface area is 77.2 Å². The third-order valence-corrected chi connectivity index (χ3v) is 2.16. The number of aliphatic hydroxyl groups is 1. The number of alkyl halides is 1. The number of halogens is 3. The van der Waals surface area contributed by atoms with Crippen LogP contribution in [0.2, 0.25) is 0 Å². The van der Waals surface area contributed by atoms with Gasteiger partial charge in [-0.05, 0) is 11.6 Å². The van der Waals surface area contributed by atoms with E-state index in [9.17, 15) is 8.78 Å². The van der Waals surface area contributed by atoms with Crippen molar-refractivity contribution >= 4 is 15.9 Å². The Morgan fingerprint density at radius 2 is 2.00 bits per heavy atom. The lowest BCUT2D eigenvalue weighted by Crippen LogP contribution is -1.98. The van der Waals surface area contributed by atoms with Gasteiger partial charge in [0.15, 0.2) is 11.6 Å². The van der Waals surface area contributed by atoms with Crippen molar-refractivity contribution in [2.24, 2.45) is 0 Å². The minimum absolute atomic E-state index is 0.178. The second-order valence-electron chi connectivity index (χ2n) is 2.29. The lowest BCUT2D eigenvalue weighted by atomic mass is 10.1. The van der Waals surface area contributed by atoms with E-state index >= 15 is 0 Å². The summed E-state index contributed by atoms with van der Waals surface area (Å²) in [5.74, 6) is -1.78. The van der Waals surface area contributed by atoms with Crippen LogP contribution in [0.1, 0.15) is 11.1 Å². The average Bonchev–Trinajstić information content (AvgIpc) is 2.09. The highest BCUT2D eigenvalue weighted by Crippen LogP contribution is 2.19.